The maximum Gasteiger partial charge on any atom is 0.416 e. The number of hydrogen-bond acceptors (Lipinski definition) is 2. The highest BCUT2D eigenvalue weighted by molar-refractivity contribution is 5.27. The first-order valence-electron chi connectivity index (χ1n) is 6.40. The Balaban J connectivity index is 2.68. The van der Waals surface area contributed by atoms with E-state index in [1.54, 1.807) is 0 Å². The number of rotatable bonds is 6. The van der Waals surface area contributed by atoms with E-state index >= 15 is 0 Å². The molecule has 0 aromatic heterocycles. The second-order valence-electron chi connectivity index (χ2n) is 4.56. The van der Waals surface area contributed by atoms with Crippen LogP contribution >= 0.6 is 0 Å². The molecule has 0 spiro atoms. The van der Waals surface area contributed by atoms with Crippen LogP contribution in [0, 0.1) is 12.3 Å². The summed E-state index contributed by atoms with van der Waals surface area (Å²) in [4.78, 5) is 0. The average molecular weight is 285 g/mol. The number of terminal acetylenes is 1. The molecule has 1 rings (SSSR count). The number of hydrogen-bond donors (Lipinski definition) is 2. The molecule has 0 radical (unpaired) electrons. The SMILES string of the molecule is C#CCC(CC)NCC(O)c1cccc(C(F)(F)F)c1. The summed E-state index contributed by atoms with van der Waals surface area (Å²) in [6.07, 6.45) is 1.12. The van der Waals surface area contributed by atoms with Gasteiger partial charge in [-0.25, -0.2) is 0 Å². The van der Waals surface area contributed by atoms with Crippen LogP contribution in [0.5, 0.6) is 0 Å². The van der Waals surface area contributed by atoms with E-state index < -0.39 is 17.8 Å². The van der Waals surface area contributed by atoms with Gasteiger partial charge in [0.05, 0.1) is 11.7 Å². The van der Waals surface area contributed by atoms with Crippen molar-refractivity contribution in [1.29, 1.82) is 0 Å². The molecule has 0 saturated heterocycles. The van der Waals surface area contributed by atoms with E-state index in [0.717, 1.165) is 18.6 Å². The Morgan fingerprint density at radius 1 is 1.40 bits per heavy atom. The number of alkyl halides is 3. The lowest BCUT2D eigenvalue weighted by atomic mass is 10.0. The van der Waals surface area contributed by atoms with E-state index in [0.29, 0.717) is 6.42 Å². The lowest BCUT2D eigenvalue weighted by Gasteiger charge is -2.18. The minimum Gasteiger partial charge on any atom is -0.387 e. The Morgan fingerprint density at radius 2 is 2.10 bits per heavy atom. The quantitative estimate of drug-likeness (QED) is 0.787. The Labute approximate surface area is 117 Å². The van der Waals surface area contributed by atoms with Crippen molar-refractivity contribution in [2.45, 2.75) is 38.1 Å². The fourth-order valence-electron chi connectivity index (χ4n) is 1.82. The molecule has 0 saturated carbocycles. The highest BCUT2D eigenvalue weighted by Gasteiger charge is 2.30. The van der Waals surface area contributed by atoms with E-state index in [2.05, 4.69) is 11.2 Å². The van der Waals surface area contributed by atoms with Crippen LogP contribution in [0.1, 0.15) is 37.0 Å². The summed E-state index contributed by atoms with van der Waals surface area (Å²) in [5.41, 5.74) is -0.521. The third-order valence-corrected chi connectivity index (χ3v) is 3.06. The minimum absolute atomic E-state index is 0.0560. The first kappa shape index (κ1) is 16.5. The molecule has 0 bridgehead atoms. The van der Waals surface area contributed by atoms with E-state index in [1.165, 1.54) is 12.1 Å². The summed E-state index contributed by atoms with van der Waals surface area (Å²) in [7, 11) is 0. The Bertz CT molecular complexity index is 465. The van der Waals surface area contributed by atoms with Crippen LogP contribution in [-0.4, -0.2) is 17.7 Å². The molecule has 0 aliphatic carbocycles. The van der Waals surface area contributed by atoms with Crippen molar-refractivity contribution in [3.63, 3.8) is 0 Å². The lowest BCUT2D eigenvalue weighted by molar-refractivity contribution is -0.137. The van der Waals surface area contributed by atoms with E-state index in [9.17, 15) is 18.3 Å². The van der Waals surface area contributed by atoms with Gasteiger partial charge < -0.3 is 10.4 Å². The van der Waals surface area contributed by atoms with Crippen LogP contribution in [0.3, 0.4) is 0 Å². The van der Waals surface area contributed by atoms with Crippen molar-refractivity contribution >= 4 is 0 Å². The number of halogens is 3. The normalized spacial score (nSPS) is 14.6. The highest BCUT2D eigenvalue weighted by Crippen LogP contribution is 2.30. The van der Waals surface area contributed by atoms with Crippen LogP contribution in [0.15, 0.2) is 24.3 Å². The Kier molecular flexibility index (Phi) is 6.05. The maximum atomic E-state index is 12.6. The van der Waals surface area contributed by atoms with Crippen molar-refractivity contribution in [1.82, 2.24) is 5.32 Å². The van der Waals surface area contributed by atoms with E-state index in [-0.39, 0.29) is 18.2 Å². The zero-order valence-electron chi connectivity index (χ0n) is 11.2. The van der Waals surface area contributed by atoms with Crippen molar-refractivity contribution < 1.29 is 18.3 Å². The van der Waals surface area contributed by atoms with Crippen LogP contribution in [0.4, 0.5) is 13.2 Å². The van der Waals surface area contributed by atoms with Gasteiger partial charge in [0.2, 0.25) is 0 Å². The fourth-order valence-corrected chi connectivity index (χ4v) is 1.82. The standard InChI is InChI=1S/C15H18F3NO/c1-3-6-13(4-2)19-10-14(20)11-7-5-8-12(9-11)15(16,17)18/h1,5,7-9,13-14,19-20H,4,6,10H2,2H3. The molecule has 5 heteroatoms. The molecule has 0 aliphatic rings. The van der Waals surface area contributed by atoms with Gasteiger partial charge in [-0.05, 0) is 24.1 Å². The summed E-state index contributed by atoms with van der Waals surface area (Å²) in [6.45, 7) is 2.12. The predicted octanol–water partition coefficient (Wildman–Crippen LogP) is 3.13. The second-order valence-corrected chi connectivity index (χ2v) is 4.56. The third kappa shape index (κ3) is 4.87. The van der Waals surface area contributed by atoms with Gasteiger partial charge in [-0.2, -0.15) is 13.2 Å². The van der Waals surface area contributed by atoms with Crippen LogP contribution in [0.25, 0.3) is 0 Å². The molecule has 0 amide bonds. The van der Waals surface area contributed by atoms with Crippen LogP contribution < -0.4 is 5.32 Å². The molecule has 110 valence electrons. The van der Waals surface area contributed by atoms with Crippen LogP contribution in [-0.2, 0) is 6.18 Å². The van der Waals surface area contributed by atoms with E-state index in [4.69, 9.17) is 6.42 Å². The van der Waals surface area contributed by atoms with E-state index in [1.807, 2.05) is 6.92 Å². The molecular weight excluding hydrogens is 267 g/mol. The summed E-state index contributed by atoms with van der Waals surface area (Å²) < 4.78 is 37.7. The summed E-state index contributed by atoms with van der Waals surface area (Å²) in [5, 5.41) is 13.0. The lowest BCUT2D eigenvalue weighted by Crippen LogP contribution is -2.32. The number of aliphatic hydroxyl groups excluding tert-OH is 1. The van der Waals surface area contributed by atoms with Gasteiger partial charge in [0.15, 0.2) is 0 Å². The monoisotopic (exact) mass is 285 g/mol. The number of benzene rings is 1. The first-order valence-corrected chi connectivity index (χ1v) is 6.40. The molecule has 0 aliphatic heterocycles. The minimum atomic E-state index is -4.40. The predicted molar refractivity (Wildman–Crippen MR) is 71.9 cm³/mol. The second kappa shape index (κ2) is 7.32. The fraction of sp³-hybridized carbons (Fsp3) is 0.467. The van der Waals surface area contributed by atoms with Crippen LogP contribution in [0.2, 0.25) is 0 Å². The third-order valence-electron chi connectivity index (χ3n) is 3.06. The average Bonchev–Trinajstić information content (AvgIpc) is 2.42. The summed E-state index contributed by atoms with van der Waals surface area (Å²) in [6, 6.07) is 4.77. The van der Waals surface area contributed by atoms with Crippen molar-refractivity contribution in [3.05, 3.63) is 35.4 Å². The largest absolute Gasteiger partial charge is 0.416 e. The smallest absolute Gasteiger partial charge is 0.387 e. The maximum absolute atomic E-state index is 12.6. The Morgan fingerprint density at radius 3 is 2.65 bits per heavy atom. The van der Waals surface area contributed by atoms with Crippen molar-refractivity contribution in [2.75, 3.05) is 6.54 Å². The topological polar surface area (TPSA) is 32.3 Å². The highest BCUT2D eigenvalue weighted by atomic mass is 19.4. The van der Waals surface area contributed by atoms with Gasteiger partial charge in [-0.3, -0.25) is 0 Å². The van der Waals surface area contributed by atoms with Crippen molar-refractivity contribution in [3.8, 4) is 12.3 Å². The molecule has 0 heterocycles. The van der Waals surface area contributed by atoms with Gasteiger partial charge in [-0.15, -0.1) is 12.3 Å². The van der Waals surface area contributed by atoms with Gasteiger partial charge in [0.1, 0.15) is 0 Å². The molecule has 2 nitrogen and oxygen atoms in total. The molecule has 0 fully saturated rings. The Hall–Kier alpha value is -1.51. The molecule has 1 aromatic rings. The molecule has 2 N–H and O–H groups in total. The van der Waals surface area contributed by atoms with Gasteiger partial charge >= 0.3 is 6.18 Å². The van der Waals surface area contributed by atoms with Gasteiger partial charge in [-0.1, -0.05) is 19.1 Å². The number of nitrogens with one attached hydrogen (secondary N) is 1. The number of aliphatic hydroxyl groups is 1. The van der Waals surface area contributed by atoms with Gasteiger partial charge in [0, 0.05) is 19.0 Å². The molecule has 20 heavy (non-hydrogen) atoms. The summed E-state index contributed by atoms with van der Waals surface area (Å²) >= 11 is 0. The zero-order valence-corrected chi connectivity index (χ0v) is 11.2. The zero-order chi connectivity index (χ0) is 15.2. The van der Waals surface area contributed by atoms with Gasteiger partial charge in [0.25, 0.3) is 0 Å². The van der Waals surface area contributed by atoms with Crippen molar-refractivity contribution in [2.24, 2.45) is 0 Å². The molecule has 2 unspecified atom stereocenters. The summed E-state index contributed by atoms with van der Waals surface area (Å²) in [5.74, 6) is 2.52. The first-order chi connectivity index (χ1) is 9.38. The molecule has 1 aromatic carbocycles. The molecule has 2 atom stereocenters. The molecular formula is C15H18F3NO.